The van der Waals surface area contributed by atoms with Crippen molar-refractivity contribution in [1.29, 1.82) is 0 Å². The minimum Gasteiger partial charge on any atom is -0.381 e. The fourth-order valence-electron chi connectivity index (χ4n) is 2.19. The van der Waals surface area contributed by atoms with Crippen molar-refractivity contribution in [3.05, 3.63) is 33.8 Å². The van der Waals surface area contributed by atoms with Crippen molar-refractivity contribution >= 4 is 22.7 Å². The molecule has 2 aromatic heterocycles. The van der Waals surface area contributed by atoms with Crippen molar-refractivity contribution in [3.63, 3.8) is 0 Å². The molecular formula is C14H17NOS2. The Morgan fingerprint density at radius 3 is 2.94 bits per heavy atom. The van der Waals surface area contributed by atoms with Gasteiger partial charge in [-0.1, -0.05) is 6.07 Å². The Hall–Kier alpha value is -0.680. The van der Waals surface area contributed by atoms with Crippen LogP contribution in [0.4, 0.5) is 0 Å². The van der Waals surface area contributed by atoms with E-state index in [0.29, 0.717) is 6.04 Å². The van der Waals surface area contributed by atoms with Crippen LogP contribution in [0.15, 0.2) is 29.0 Å². The first-order valence-corrected chi connectivity index (χ1v) is 8.10. The van der Waals surface area contributed by atoms with Crippen molar-refractivity contribution in [2.75, 3.05) is 13.2 Å². The summed E-state index contributed by atoms with van der Waals surface area (Å²) in [6, 6.07) is 7.23. The zero-order valence-electron chi connectivity index (χ0n) is 10.2. The van der Waals surface area contributed by atoms with Crippen LogP contribution in [0.25, 0.3) is 10.4 Å². The average Bonchev–Trinajstić information content (AvgIpc) is 3.08. The van der Waals surface area contributed by atoms with E-state index >= 15 is 0 Å². The molecule has 0 amide bonds. The van der Waals surface area contributed by atoms with Crippen molar-refractivity contribution in [3.8, 4) is 10.4 Å². The molecule has 0 aliphatic carbocycles. The highest BCUT2D eigenvalue weighted by Gasteiger charge is 2.13. The molecule has 1 aliphatic rings. The molecule has 0 unspecified atom stereocenters. The molecule has 2 aromatic rings. The second kappa shape index (κ2) is 5.97. The van der Waals surface area contributed by atoms with Crippen LogP contribution < -0.4 is 5.32 Å². The van der Waals surface area contributed by atoms with Crippen LogP contribution in [0.1, 0.15) is 17.7 Å². The molecule has 1 saturated heterocycles. The number of hydrogen-bond donors (Lipinski definition) is 1. The monoisotopic (exact) mass is 279 g/mol. The molecule has 0 saturated carbocycles. The van der Waals surface area contributed by atoms with Crippen molar-refractivity contribution in [2.24, 2.45) is 0 Å². The second-order valence-corrected chi connectivity index (χ2v) is 6.49. The molecule has 4 heteroatoms. The Labute approximate surface area is 116 Å². The minimum atomic E-state index is 0.631. The fraction of sp³-hybridized carbons (Fsp3) is 0.429. The van der Waals surface area contributed by atoms with Crippen LogP contribution in [-0.4, -0.2) is 19.3 Å². The molecule has 1 fully saturated rings. The molecule has 0 radical (unpaired) electrons. The van der Waals surface area contributed by atoms with Gasteiger partial charge in [-0.2, -0.15) is 0 Å². The van der Waals surface area contributed by atoms with Crippen LogP contribution in [0.2, 0.25) is 0 Å². The second-order valence-electron chi connectivity index (χ2n) is 4.55. The molecule has 3 rings (SSSR count). The predicted molar refractivity (Wildman–Crippen MR) is 78.3 cm³/mol. The molecule has 0 aromatic carbocycles. The summed E-state index contributed by atoms with van der Waals surface area (Å²) in [4.78, 5) is 2.79. The van der Waals surface area contributed by atoms with Crippen LogP contribution in [-0.2, 0) is 11.3 Å². The molecule has 18 heavy (non-hydrogen) atoms. The van der Waals surface area contributed by atoms with Crippen LogP contribution in [0, 0.1) is 0 Å². The van der Waals surface area contributed by atoms with Gasteiger partial charge in [-0.3, -0.25) is 0 Å². The van der Waals surface area contributed by atoms with Crippen LogP contribution in [0.5, 0.6) is 0 Å². The highest BCUT2D eigenvalue weighted by Crippen LogP contribution is 2.29. The number of thiophene rings is 2. The van der Waals surface area contributed by atoms with E-state index in [4.69, 9.17) is 4.74 Å². The van der Waals surface area contributed by atoms with Gasteiger partial charge in [-0.05, 0) is 35.7 Å². The van der Waals surface area contributed by atoms with Crippen molar-refractivity contribution in [1.82, 2.24) is 5.32 Å². The van der Waals surface area contributed by atoms with Gasteiger partial charge in [0.15, 0.2) is 0 Å². The van der Waals surface area contributed by atoms with Gasteiger partial charge >= 0.3 is 0 Å². The Balaban J connectivity index is 1.57. The van der Waals surface area contributed by atoms with E-state index < -0.39 is 0 Å². The lowest BCUT2D eigenvalue weighted by Gasteiger charge is -2.22. The van der Waals surface area contributed by atoms with E-state index in [9.17, 15) is 0 Å². The zero-order chi connectivity index (χ0) is 12.2. The summed E-state index contributed by atoms with van der Waals surface area (Å²) in [5.41, 5.74) is 1.36. The lowest BCUT2D eigenvalue weighted by atomic mass is 10.1. The molecule has 96 valence electrons. The molecular weight excluding hydrogens is 262 g/mol. The third kappa shape index (κ3) is 3.01. The van der Waals surface area contributed by atoms with Gasteiger partial charge in [-0.15, -0.1) is 22.7 Å². The Morgan fingerprint density at radius 1 is 1.28 bits per heavy atom. The maximum Gasteiger partial charge on any atom is 0.0480 e. The third-order valence-electron chi connectivity index (χ3n) is 3.25. The standard InChI is InChI=1S/C14H17NOS2/c1-2-14(17-7-1)11-8-13(18-10-11)9-15-12-3-5-16-6-4-12/h1-2,7-8,10,12,15H,3-6,9H2. The summed E-state index contributed by atoms with van der Waals surface area (Å²) >= 11 is 3.65. The van der Waals surface area contributed by atoms with E-state index in [-0.39, 0.29) is 0 Å². The van der Waals surface area contributed by atoms with Crippen LogP contribution >= 0.6 is 22.7 Å². The van der Waals surface area contributed by atoms with Gasteiger partial charge in [0.1, 0.15) is 0 Å². The quantitative estimate of drug-likeness (QED) is 0.920. The molecule has 1 aliphatic heterocycles. The maximum atomic E-state index is 5.37. The van der Waals surface area contributed by atoms with E-state index in [0.717, 1.165) is 32.6 Å². The van der Waals surface area contributed by atoms with Gasteiger partial charge in [0.25, 0.3) is 0 Å². The summed E-state index contributed by atoms with van der Waals surface area (Å²) in [5.74, 6) is 0. The van der Waals surface area contributed by atoms with E-state index in [1.54, 1.807) is 11.3 Å². The largest absolute Gasteiger partial charge is 0.381 e. The Morgan fingerprint density at radius 2 is 2.17 bits per heavy atom. The molecule has 2 nitrogen and oxygen atoms in total. The fourth-order valence-corrected chi connectivity index (χ4v) is 3.82. The summed E-state index contributed by atoms with van der Waals surface area (Å²) < 4.78 is 5.37. The van der Waals surface area contributed by atoms with Gasteiger partial charge in [0, 0.05) is 41.1 Å². The minimum absolute atomic E-state index is 0.631. The van der Waals surface area contributed by atoms with Crippen molar-refractivity contribution in [2.45, 2.75) is 25.4 Å². The van der Waals surface area contributed by atoms with Crippen LogP contribution in [0.3, 0.4) is 0 Å². The molecule has 1 N–H and O–H groups in total. The van der Waals surface area contributed by atoms with Gasteiger partial charge in [0.2, 0.25) is 0 Å². The summed E-state index contributed by atoms with van der Waals surface area (Å²) in [6.07, 6.45) is 2.28. The van der Waals surface area contributed by atoms with Gasteiger partial charge in [-0.25, -0.2) is 0 Å². The number of hydrogen-bond acceptors (Lipinski definition) is 4. The molecule has 3 heterocycles. The summed E-state index contributed by atoms with van der Waals surface area (Å²) in [6.45, 7) is 2.80. The van der Waals surface area contributed by atoms with Gasteiger partial charge < -0.3 is 10.1 Å². The zero-order valence-corrected chi connectivity index (χ0v) is 11.9. The SMILES string of the molecule is c1csc(-c2csc(CNC3CCOCC3)c2)c1. The van der Waals surface area contributed by atoms with E-state index in [1.807, 2.05) is 11.3 Å². The highest BCUT2D eigenvalue weighted by atomic mass is 32.1. The number of rotatable bonds is 4. The Bertz CT molecular complexity index is 472. The summed E-state index contributed by atoms with van der Waals surface area (Å²) in [7, 11) is 0. The first-order valence-electron chi connectivity index (χ1n) is 6.34. The highest BCUT2D eigenvalue weighted by molar-refractivity contribution is 7.14. The lowest BCUT2D eigenvalue weighted by Crippen LogP contribution is -2.34. The molecule has 0 bridgehead atoms. The molecule has 0 atom stereocenters. The lowest BCUT2D eigenvalue weighted by molar-refractivity contribution is 0.0777. The smallest absolute Gasteiger partial charge is 0.0480 e. The maximum absolute atomic E-state index is 5.37. The Kier molecular flexibility index (Phi) is 4.10. The normalized spacial score (nSPS) is 17.1. The number of nitrogens with one attached hydrogen (secondary N) is 1. The van der Waals surface area contributed by atoms with Gasteiger partial charge in [0.05, 0.1) is 0 Å². The van der Waals surface area contributed by atoms with Crippen molar-refractivity contribution < 1.29 is 4.74 Å². The first kappa shape index (κ1) is 12.4. The van der Waals surface area contributed by atoms with E-state index in [2.05, 4.69) is 34.3 Å². The summed E-state index contributed by atoms with van der Waals surface area (Å²) in [5, 5.41) is 8.02. The molecule has 0 spiro atoms. The predicted octanol–water partition coefficient (Wildman–Crippen LogP) is 3.75. The average molecular weight is 279 g/mol. The first-order chi connectivity index (χ1) is 8.92. The third-order valence-corrected chi connectivity index (χ3v) is 5.10. The number of ether oxygens (including phenoxy) is 1. The topological polar surface area (TPSA) is 21.3 Å². The van der Waals surface area contributed by atoms with E-state index in [1.165, 1.54) is 15.3 Å².